The highest BCUT2D eigenvalue weighted by Crippen LogP contribution is 2.54. The van der Waals surface area contributed by atoms with Crippen LogP contribution in [0.1, 0.15) is 35.8 Å². The van der Waals surface area contributed by atoms with E-state index in [0.717, 1.165) is 54.0 Å². The lowest BCUT2D eigenvalue weighted by Gasteiger charge is -2.31. The molecule has 1 aromatic heterocycles. The number of anilines is 3. The third-order valence-corrected chi connectivity index (χ3v) is 11.7. The summed E-state index contributed by atoms with van der Waals surface area (Å²) in [6.07, 6.45) is -4.82. The van der Waals surface area contributed by atoms with E-state index >= 15 is 0 Å². The Hall–Kier alpha value is -3.78. The van der Waals surface area contributed by atoms with E-state index in [0.29, 0.717) is 31.1 Å². The maximum absolute atomic E-state index is 14.2. The number of imide groups is 1. The van der Waals surface area contributed by atoms with Gasteiger partial charge in [0, 0.05) is 35.3 Å². The van der Waals surface area contributed by atoms with Crippen molar-refractivity contribution < 1.29 is 27.6 Å². The summed E-state index contributed by atoms with van der Waals surface area (Å²) in [5.41, 5.74) is 0.225. The molecule has 48 heavy (non-hydrogen) atoms. The number of thiazole rings is 1. The van der Waals surface area contributed by atoms with Crippen molar-refractivity contribution in [2.75, 3.05) is 28.2 Å². The van der Waals surface area contributed by atoms with E-state index in [-0.39, 0.29) is 5.02 Å². The van der Waals surface area contributed by atoms with E-state index in [9.17, 15) is 32.3 Å². The average molecular weight is 736 g/mol. The molecular weight excluding hydrogens is 708 g/mol. The second-order valence-corrected chi connectivity index (χ2v) is 14.1. The topological polar surface area (TPSA) is 91.7 Å². The number of nitrogens with one attached hydrogen (secondary N) is 1. The molecule has 0 bridgehead atoms. The number of hydrogen-bond donors (Lipinski definition) is 1. The Labute approximate surface area is 291 Å². The molecule has 0 spiro atoms. The van der Waals surface area contributed by atoms with Crippen LogP contribution in [-0.4, -0.2) is 40.6 Å². The fourth-order valence-electron chi connectivity index (χ4n) is 6.16. The number of nitrogens with zero attached hydrogens (tertiary/aromatic N) is 3. The predicted molar refractivity (Wildman–Crippen MR) is 183 cm³/mol. The summed E-state index contributed by atoms with van der Waals surface area (Å²) >= 11 is 13.8. The van der Waals surface area contributed by atoms with Crippen LogP contribution in [0.15, 0.2) is 76.6 Å². The zero-order chi connectivity index (χ0) is 34.5. The van der Waals surface area contributed by atoms with Gasteiger partial charge in [-0.3, -0.25) is 23.7 Å². The van der Waals surface area contributed by atoms with Gasteiger partial charge in [0.2, 0.25) is 17.7 Å². The molecule has 8 nitrogen and oxygen atoms in total. The Bertz CT molecular complexity index is 1980. The minimum Gasteiger partial charge on any atom is -0.372 e. The van der Waals surface area contributed by atoms with Crippen LogP contribution in [-0.2, 0) is 27.1 Å². The first kappa shape index (κ1) is 34.1. The Balaban J connectivity index is 1.43. The molecule has 3 atom stereocenters. The van der Waals surface area contributed by atoms with E-state index in [4.69, 9.17) is 23.2 Å². The van der Waals surface area contributed by atoms with Gasteiger partial charge in [-0.15, -0.1) is 0 Å². The van der Waals surface area contributed by atoms with Gasteiger partial charge in [-0.1, -0.05) is 70.6 Å². The molecule has 2 aliphatic rings. The summed E-state index contributed by atoms with van der Waals surface area (Å²) in [7, 11) is 0. The monoisotopic (exact) mass is 734 g/mol. The molecule has 6 rings (SSSR count). The highest BCUT2D eigenvalue weighted by atomic mass is 35.5. The fourth-order valence-corrected chi connectivity index (χ4v) is 9.23. The van der Waals surface area contributed by atoms with Gasteiger partial charge in [0.05, 0.1) is 32.2 Å². The summed E-state index contributed by atoms with van der Waals surface area (Å²) in [5, 5.41) is 2.34. The second-order valence-electron chi connectivity index (χ2n) is 11.1. The molecular formula is C33H27Cl2F3N4O4S2. The van der Waals surface area contributed by atoms with E-state index in [1.807, 2.05) is 38.1 Å². The van der Waals surface area contributed by atoms with Gasteiger partial charge in [0.25, 0.3) is 0 Å². The molecule has 1 N–H and O–H groups in total. The fraction of sp³-hybridized carbons (Fsp3) is 0.273. The minimum absolute atomic E-state index is 0.220. The number of halogens is 5. The first-order chi connectivity index (χ1) is 22.8. The van der Waals surface area contributed by atoms with Crippen LogP contribution in [0.3, 0.4) is 0 Å². The molecule has 1 fully saturated rings. The van der Waals surface area contributed by atoms with Crippen molar-refractivity contribution in [1.29, 1.82) is 0 Å². The van der Waals surface area contributed by atoms with Gasteiger partial charge in [0.1, 0.15) is 11.8 Å². The molecule has 2 aliphatic heterocycles. The number of hydrogen-bond acceptors (Lipinski definition) is 7. The number of para-hydroxylation sites is 1. The second kappa shape index (κ2) is 13.3. The maximum atomic E-state index is 14.2. The van der Waals surface area contributed by atoms with Gasteiger partial charge in [-0.05, 0) is 61.9 Å². The van der Waals surface area contributed by atoms with Gasteiger partial charge >= 0.3 is 11.0 Å². The number of benzene rings is 3. The zero-order valence-corrected chi connectivity index (χ0v) is 28.5. The molecule has 3 aromatic carbocycles. The Morgan fingerprint density at radius 2 is 1.62 bits per heavy atom. The molecule has 250 valence electrons. The normalized spacial score (nSPS) is 18.9. The van der Waals surface area contributed by atoms with Crippen molar-refractivity contribution in [1.82, 2.24) is 4.57 Å². The smallest absolute Gasteiger partial charge is 0.372 e. The molecule has 0 radical (unpaired) electrons. The quantitative estimate of drug-likeness (QED) is 0.189. The first-order valence-electron chi connectivity index (χ1n) is 14.9. The molecule has 3 amide bonds. The van der Waals surface area contributed by atoms with Crippen molar-refractivity contribution in [2.24, 2.45) is 5.92 Å². The minimum atomic E-state index is -4.82. The van der Waals surface area contributed by atoms with Crippen LogP contribution in [0.4, 0.5) is 30.2 Å². The Kier molecular flexibility index (Phi) is 9.42. The van der Waals surface area contributed by atoms with Crippen LogP contribution in [0.5, 0.6) is 0 Å². The maximum Gasteiger partial charge on any atom is 0.418 e. The molecule has 1 saturated heterocycles. The van der Waals surface area contributed by atoms with E-state index in [1.54, 1.807) is 6.07 Å². The molecule has 15 heteroatoms. The summed E-state index contributed by atoms with van der Waals surface area (Å²) < 4.78 is 43.4. The van der Waals surface area contributed by atoms with Crippen LogP contribution < -0.4 is 20.0 Å². The number of fused-ring (bicyclic) bond motifs is 2. The van der Waals surface area contributed by atoms with Crippen LogP contribution in [0.2, 0.25) is 10.0 Å². The predicted octanol–water partition coefficient (Wildman–Crippen LogP) is 7.52. The number of carbonyl (C=O) groups is 3. The van der Waals surface area contributed by atoms with Crippen molar-refractivity contribution >= 4 is 81.1 Å². The van der Waals surface area contributed by atoms with Gasteiger partial charge < -0.3 is 10.2 Å². The summed E-state index contributed by atoms with van der Waals surface area (Å²) in [4.78, 5) is 57.5. The first-order valence-corrected chi connectivity index (χ1v) is 17.3. The SMILES string of the molecule is CCN(CC)c1ccc([C@H]2c3sc(=O)n(CC(=O)Nc4ccc(Cl)c(Cl)c4)c3SC3C(=O)N(c4ccccc4C(F)(F)F)C(=O)C32)cc1. The van der Waals surface area contributed by atoms with E-state index in [2.05, 4.69) is 10.2 Å². The lowest BCUT2D eigenvalue weighted by atomic mass is 9.83. The largest absolute Gasteiger partial charge is 0.418 e. The van der Waals surface area contributed by atoms with Crippen LogP contribution >= 0.6 is 46.3 Å². The summed E-state index contributed by atoms with van der Waals surface area (Å²) in [6.45, 7) is 5.10. The summed E-state index contributed by atoms with van der Waals surface area (Å²) in [6, 6.07) is 16.4. The number of amides is 3. The number of carbonyl (C=O) groups excluding carboxylic acids is 3. The van der Waals surface area contributed by atoms with Gasteiger partial charge in [-0.25, -0.2) is 4.90 Å². The number of thioether (sulfide) groups is 1. The standard InChI is InChI=1S/C33H27Cl2F3N4O4S2/c1-3-40(4-2)19-12-9-17(10-13-19)25-26-27(30(45)42(29(26)44)23-8-6-5-7-20(23)33(36,37)38)47-31-28(25)48-32(46)41(31)16-24(43)39-18-11-14-21(34)22(35)15-18/h5-15,25-27H,3-4,16H2,1-2H3,(H,39,43)/t25-,26?,27?/m1/s1. The molecule has 0 aliphatic carbocycles. The van der Waals surface area contributed by atoms with Gasteiger partial charge in [-0.2, -0.15) is 13.2 Å². The van der Waals surface area contributed by atoms with Crippen molar-refractivity contribution in [2.45, 2.75) is 42.8 Å². The van der Waals surface area contributed by atoms with Crippen LogP contribution in [0, 0.1) is 5.92 Å². The molecule has 2 unspecified atom stereocenters. The lowest BCUT2D eigenvalue weighted by Crippen LogP contribution is -2.33. The molecule has 4 aromatic rings. The Morgan fingerprint density at radius 3 is 2.27 bits per heavy atom. The zero-order valence-electron chi connectivity index (χ0n) is 25.4. The van der Waals surface area contributed by atoms with E-state index in [1.165, 1.54) is 28.8 Å². The summed E-state index contributed by atoms with van der Waals surface area (Å²) in [5.74, 6) is -4.12. The van der Waals surface area contributed by atoms with E-state index < -0.39 is 63.7 Å². The molecule has 3 heterocycles. The number of alkyl halides is 3. The number of rotatable bonds is 8. The van der Waals surface area contributed by atoms with Crippen LogP contribution in [0.25, 0.3) is 0 Å². The van der Waals surface area contributed by atoms with Crippen molar-refractivity contribution in [3.05, 3.63) is 102 Å². The third kappa shape index (κ3) is 6.13. The third-order valence-electron chi connectivity index (χ3n) is 8.39. The highest BCUT2D eigenvalue weighted by Gasteiger charge is 2.57. The lowest BCUT2D eigenvalue weighted by molar-refractivity contribution is -0.137. The Morgan fingerprint density at radius 1 is 0.938 bits per heavy atom. The average Bonchev–Trinajstić information content (AvgIpc) is 3.49. The molecule has 0 saturated carbocycles. The van der Waals surface area contributed by atoms with Crippen molar-refractivity contribution in [3.63, 3.8) is 0 Å². The van der Waals surface area contributed by atoms with Crippen molar-refractivity contribution in [3.8, 4) is 0 Å². The van der Waals surface area contributed by atoms with Gasteiger partial charge in [0.15, 0.2) is 0 Å². The number of aromatic nitrogens is 1. The highest BCUT2D eigenvalue weighted by molar-refractivity contribution is 8.00.